The standard InChI is InChI=1S/C22H19N5O/c1-12(13-2-3-13)24-22-17-6-4-15(9-19(17)26-27-20(22)11-23)14-5-7-18-16(8-14)10-21(28)25-18/h4-9,12-13H,2-3,10H2,1H3,(H,24,26)(H,25,28). The van der Waals surface area contributed by atoms with Crippen molar-refractivity contribution in [1.29, 1.82) is 5.26 Å². The molecule has 5 rings (SSSR count). The van der Waals surface area contributed by atoms with Crippen LogP contribution in [0.5, 0.6) is 0 Å². The molecule has 0 saturated heterocycles. The number of nitrogens with zero attached hydrogens (tertiary/aromatic N) is 3. The van der Waals surface area contributed by atoms with E-state index in [0.29, 0.717) is 24.1 Å². The van der Waals surface area contributed by atoms with Gasteiger partial charge in [0, 0.05) is 17.1 Å². The molecule has 1 fully saturated rings. The lowest BCUT2D eigenvalue weighted by molar-refractivity contribution is -0.115. The minimum absolute atomic E-state index is 0.0288. The van der Waals surface area contributed by atoms with Crippen LogP contribution in [0.4, 0.5) is 11.4 Å². The number of rotatable bonds is 4. The Morgan fingerprint density at radius 2 is 1.96 bits per heavy atom. The van der Waals surface area contributed by atoms with E-state index < -0.39 is 0 Å². The van der Waals surface area contributed by atoms with Crippen LogP contribution in [-0.4, -0.2) is 22.1 Å². The quantitative estimate of drug-likeness (QED) is 0.728. The predicted octanol–water partition coefficient (Wildman–Crippen LogP) is 3.87. The summed E-state index contributed by atoms with van der Waals surface area (Å²) >= 11 is 0. The van der Waals surface area contributed by atoms with E-state index in [1.165, 1.54) is 12.8 Å². The smallest absolute Gasteiger partial charge is 0.228 e. The van der Waals surface area contributed by atoms with Crippen molar-refractivity contribution in [1.82, 2.24) is 10.2 Å². The number of hydrogen-bond acceptors (Lipinski definition) is 5. The summed E-state index contributed by atoms with van der Waals surface area (Å²) in [5, 5.41) is 25.1. The second-order valence-corrected chi connectivity index (χ2v) is 7.63. The van der Waals surface area contributed by atoms with E-state index in [0.717, 1.165) is 39.0 Å². The topological polar surface area (TPSA) is 90.7 Å². The van der Waals surface area contributed by atoms with Crippen LogP contribution in [0, 0.1) is 17.2 Å². The monoisotopic (exact) mass is 369 g/mol. The van der Waals surface area contributed by atoms with Gasteiger partial charge in [-0.3, -0.25) is 4.79 Å². The average molecular weight is 369 g/mol. The van der Waals surface area contributed by atoms with Crippen molar-refractivity contribution in [3.63, 3.8) is 0 Å². The summed E-state index contributed by atoms with van der Waals surface area (Å²) in [6.45, 7) is 2.15. The Balaban J connectivity index is 1.56. The van der Waals surface area contributed by atoms with Crippen molar-refractivity contribution >= 4 is 28.2 Å². The maximum absolute atomic E-state index is 11.6. The first kappa shape index (κ1) is 16.7. The van der Waals surface area contributed by atoms with Gasteiger partial charge in [0.1, 0.15) is 6.07 Å². The van der Waals surface area contributed by atoms with Crippen molar-refractivity contribution < 1.29 is 4.79 Å². The first-order valence-corrected chi connectivity index (χ1v) is 9.52. The average Bonchev–Trinajstić information content (AvgIpc) is 3.48. The lowest BCUT2D eigenvalue weighted by atomic mass is 10.00. The molecule has 1 aromatic heterocycles. The zero-order chi connectivity index (χ0) is 19.3. The highest BCUT2D eigenvalue weighted by atomic mass is 16.1. The third kappa shape index (κ3) is 2.85. The van der Waals surface area contributed by atoms with Crippen molar-refractivity contribution in [2.75, 3.05) is 10.6 Å². The molecule has 0 bridgehead atoms. The second-order valence-electron chi connectivity index (χ2n) is 7.63. The molecule has 2 heterocycles. The zero-order valence-corrected chi connectivity index (χ0v) is 15.5. The molecule has 6 nitrogen and oxygen atoms in total. The maximum Gasteiger partial charge on any atom is 0.228 e. The molecule has 1 atom stereocenters. The van der Waals surface area contributed by atoms with E-state index in [2.05, 4.69) is 33.8 Å². The molecule has 138 valence electrons. The van der Waals surface area contributed by atoms with E-state index >= 15 is 0 Å². The van der Waals surface area contributed by atoms with E-state index in [-0.39, 0.29) is 5.91 Å². The number of nitriles is 1. The van der Waals surface area contributed by atoms with E-state index in [1.807, 2.05) is 36.4 Å². The normalized spacial score (nSPS) is 16.4. The maximum atomic E-state index is 11.6. The summed E-state index contributed by atoms with van der Waals surface area (Å²) in [7, 11) is 0. The number of aromatic nitrogens is 2. The van der Waals surface area contributed by atoms with E-state index in [4.69, 9.17) is 0 Å². The largest absolute Gasteiger partial charge is 0.379 e. The second kappa shape index (κ2) is 6.31. The van der Waals surface area contributed by atoms with Gasteiger partial charge in [-0.2, -0.15) is 5.26 Å². The highest BCUT2D eigenvalue weighted by Gasteiger charge is 2.29. The number of anilines is 2. The number of fused-ring (bicyclic) bond motifs is 2. The van der Waals surface area contributed by atoms with Crippen molar-refractivity contribution in [3.05, 3.63) is 47.7 Å². The van der Waals surface area contributed by atoms with Crippen LogP contribution in [0.25, 0.3) is 22.0 Å². The number of benzene rings is 2. The number of nitrogens with one attached hydrogen (secondary N) is 2. The fourth-order valence-electron chi connectivity index (χ4n) is 3.86. The van der Waals surface area contributed by atoms with Crippen LogP contribution in [-0.2, 0) is 11.2 Å². The lowest BCUT2D eigenvalue weighted by Crippen LogP contribution is -2.19. The Bertz CT molecular complexity index is 1160. The minimum Gasteiger partial charge on any atom is -0.379 e. The fraction of sp³-hybridized carbons (Fsp3) is 0.273. The fourth-order valence-corrected chi connectivity index (χ4v) is 3.86. The van der Waals surface area contributed by atoms with Gasteiger partial charge < -0.3 is 10.6 Å². The van der Waals surface area contributed by atoms with Crippen LogP contribution >= 0.6 is 0 Å². The summed E-state index contributed by atoms with van der Waals surface area (Å²) < 4.78 is 0. The van der Waals surface area contributed by atoms with Gasteiger partial charge in [-0.25, -0.2) is 0 Å². The molecule has 6 heteroatoms. The van der Waals surface area contributed by atoms with Crippen LogP contribution < -0.4 is 10.6 Å². The highest BCUT2D eigenvalue weighted by molar-refractivity contribution is 6.00. The lowest BCUT2D eigenvalue weighted by Gasteiger charge is -2.17. The molecule has 1 amide bonds. The molecule has 0 spiro atoms. The molecule has 1 aliphatic heterocycles. The number of carbonyl (C=O) groups excluding carboxylic acids is 1. The molecule has 28 heavy (non-hydrogen) atoms. The summed E-state index contributed by atoms with van der Waals surface area (Å²) in [6, 6.07) is 14.5. The summed E-state index contributed by atoms with van der Waals surface area (Å²) in [5.41, 5.74) is 5.77. The number of carbonyl (C=O) groups is 1. The van der Waals surface area contributed by atoms with Gasteiger partial charge in [0.2, 0.25) is 5.91 Å². The molecule has 2 aliphatic rings. The molecule has 1 unspecified atom stereocenters. The van der Waals surface area contributed by atoms with Crippen LogP contribution in [0.1, 0.15) is 31.0 Å². The Kier molecular flexibility index (Phi) is 3.76. The Labute approximate surface area is 162 Å². The zero-order valence-electron chi connectivity index (χ0n) is 15.5. The third-order valence-corrected chi connectivity index (χ3v) is 5.63. The van der Waals surface area contributed by atoms with Crippen molar-refractivity contribution in [3.8, 4) is 17.2 Å². The van der Waals surface area contributed by atoms with Gasteiger partial charge in [0.05, 0.1) is 17.6 Å². The van der Waals surface area contributed by atoms with Crippen LogP contribution in [0.3, 0.4) is 0 Å². The first-order valence-electron chi connectivity index (χ1n) is 9.52. The molecule has 1 aliphatic carbocycles. The Morgan fingerprint density at radius 1 is 1.18 bits per heavy atom. The Hall–Kier alpha value is -3.46. The van der Waals surface area contributed by atoms with Crippen LogP contribution in [0.2, 0.25) is 0 Å². The Morgan fingerprint density at radius 3 is 2.75 bits per heavy atom. The van der Waals surface area contributed by atoms with Crippen molar-refractivity contribution in [2.45, 2.75) is 32.2 Å². The number of hydrogen-bond donors (Lipinski definition) is 2. The van der Waals surface area contributed by atoms with Gasteiger partial charge in [-0.15, -0.1) is 10.2 Å². The van der Waals surface area contributed by atoms with Gasteiger partial charge in [0.15, 0.2) is 5.69 Å². The van der Waals surface area contributed by atoms with Crippen LogP contribution in [0.15, 0.2) is 36.4 Å². The molecule has 2 aromatic carbocycles. The predicted molar refractivity (Wildman–Crippen MR) is 108 cm³/mol. The third-order valence-electron chi connectivity index (χ3n) is 5.63. The number of amides is 1. The molecule has 0 radical (unpaired) electrons. The summed E-state index contributed by atoms with van der Waals surface area (Å²) in [4.78, 5) is 11.6. The summed E-state index contributed by atoms with van der Waals surface area (Å²) in [5.74, 6) is 0.692. The minimum atomic E-state index is 0.0288. The SMILES string of the molecule is CC(Nc1c(C#N)nnc2cc(-c3ccc4c(c3)CC(=O)N4)ccc12)C1CC1. The molecule has 2 N–H and O–H groups in total. The van der Waals surface area contributed by atoms with Gasteiger partial charge >= 0.3 is 0 Å². The van der Waals surface area contributed by atoms with Gasteiger partial charge in [-0.05, 0) is 66.6 Å². The molecule has 3 aromatic rings. The summed E-state index contributed by atoms with van der Waals surface area (Å²) in [6.07, 6.45) is 2.87. The first-order chi connectivity index (χ1) is 13.6. The van der Waals surface area contributed by atoms with E-state index in [9.17, 15) is 10.1 Å². The van der Waals surface area contributed by atoms with Gasteiger partial charge in [0.25, 0.3) is 0 Å². The van der Waals surface area contributed by atoms with Gasteiger partial charge in [-0.1, -0.05) is 12.1 Å². The van der Waals surface area contributed by atoms with E-state index in [1.54, 1.807) is 0 Å². The molecular formula is C22H19N5O. The molecular weight excluding hydrogens is 350 g/mol. The highest BCUT2D eigenvalue weighted by Crippen LogP contribution is 2.36. The van der Waals surface area contributed by atoms with Crippen molar-refractivity contribution in [2.24, 2.45) is 5.92 Å². The molecule has 1 saturated carbocycles.